The van der Waals surface area contributed by atoms with Gasteiger partial charge in [0.15, 0.2) is 0 Å². The molecule has 0 aliphatic rings. The van der Waals surface area contributed by atoms with E-state index in [1.165, 1.54) is 5.56 Å². The zero-order chi connectivity index (χ0) is 18.1. The summed E-state index contributed by atoms with van der Waals surface area (Å²) in [4.78, 5) is 0. The summed E-state index contributed by atoms with van der Waals surface area (Å²) in [5, 5.41) is 16.0. The fourth-order valence-corrected chi connectivity index (χ4v) is 3.40. The summed E-state index contributed by atoms with van der Waals surface area (Å²) in [7, 11) is 0. The molecule has 1 heterocycles. The number of benzene rings is 3. The zero-order valence-corrected chi connectivity index (χ0v) is 14.7. The van der Waals surface area contributed by atoms with E-state index in [0.717, 1.165) is 38.9 Å². The number of nitrogens with zero attached hydrogens (tertiary/aromatic N) is 3. The van der Waals surface area contributed by atoms with Gasteiger partial charge in [-0.05, 0) is 42.0 Å². The van der Waals surface area contributed by atoms with Crippen molar-refractivity contribution in [3.8, 4) is 0 Å². The van der Waals surface area contributed by atoms with Gasteiger partial charge in [0.05, 0.1) is 10.7 Å². The monoisotopic (exact) mass is 362 g/mol. The first-order valence-electron chi connectivity index (χ1n) is 8.16. The summed E-state index contributed by atoms with van der Waals surface area (Å²) < 4.78 is 2.29. The molecule has 0 bridgehead atoms. The molecule has 0 saturated heterocycles. The molecule has 6 heteroatoms. The van der Waals surface area contributed by atoms with Crippen molar-refractivity contribution in [3.63, 3.8) is 0 Å². The van der Waals surface area contributed by atoms with Crippen LogP contribution in [0, 0.1) is 0 Å². The van der Waals surface area contributed by atoms with E-state index >= 15 is 0 Å². The van der Waals surface area contributed by atoms with E-state index < -0.39 is 0 Å². The Morgan fingerprint density at radius 2 is 1.69 bits per heavy atom. The lowest BCUT2D eigenvalue weighted by Crippen LogP contribution is -2.38. The molecule has 0 unspecified atom stereocenters. The Bertz CT molecular complexity index is 1140. The van der Waals surface area contributed by atoms with Crippen molar-refractivity contribution in [2.24, 2.45) is 16.2 Å². The van der Waals surface area contributed by atoms with Crippen molar-refractivity contribution in [2.45, 2.75) is 6.54 Å². The lowest BCUT2D eigenvalue weighted by molar-refractivity contribution is -0.114. The van der Waals surface area contributed by atoms with Crippen LogP contribution in [-0.2, 0) is 6.54 Å². The summed E-state index contributed by atoms with van der Waals surface area (Å²) >= 11 is 6.01. The number of para-hydroxylation sites is 1. The van der Waals surface area contributed by atoms with E-state index in [0.29, 0.717) is 5.84 Å². The number of nitrogens with two attached hydrogens (primary N) is 2. The summed E-state index contributed by atoms with van der Waals surface area (Å²) in [6.45, 7) is 0.752. The SMILES string of the molecule is NN=NC(=[NH2+])c1ccc2c(c1)c1ccccc1n2Cc1ccc(Cl)cc1. The third-order valence-electron chi connectivity index (χ3n) is 4.49. The van der Waals surface area contributed by atoms with Crippen molar-refractivity contribution < 1.29 is 5.41 Å². The largest absolute Gasteiger partial charge is 0.350 e. The second-order valence-electron chi connectivity index (χ2n) is 6.06. The first-order valence-corrected chi connectivity index (χ1v) is 8.54. The van der Waals surface area contributed by atoms with E-state index in [2.05, 4.69) is 33.1 Å². The van der Waals surface area contributed by atoms with Gasteiger partial charge in [-0.1, -0.05) is 41.9 Å². The second kappa shape index (κ2) is 6.61. The van der Waals surface area contributed by atoms with Crippen LogP contribution < -0.4 is 11.3 Å². The summed E-state index contributed by atoms with van der Waals surface area (Å²) in [5.74, 6) is 5.41. The summed E-state index contributed by atoms with van der Waals surface area (Å²) in [5.41, 5.74) is 4.27. The minimum absolute atomic E-state index is 0.295. The number of hydrogen-bond donors (Lipinski definition) is 2. The fourth-order valence-electron chi connectivity index (χ4n) is 3.28. The van der Waals surface area contributed by atoms with E-state index in [4.69, 9.17) is 22.9 Å². The highest BCUT2D eigenvalue weighted by molar-refractivity contribution is 6.30. The maximum atomic E-state index is 6.01. The molecule has 0 aliphatic carbocycles. The Kier molecular flexibility index (Phi) is 4.14. The second-order valence-corrected chi connectivity index (χ2v) is 6.50. The van der Waals surface area contributed by atoms with Crippen LogP contribution in [0.3, 0.4) is 0 Å². The molecule has 1 aromatic heterocycles. The Morgan fingerprint density at radius 3 is 2.46 bits per heavy atom. The number of aromatic nitrogens is 1. The minimum atomic E-state index is 0.295. The van der Waals surface area contributed by atoms with Gasteiger partial charge in [0, 0.05) is 38.6 Å². The Labute approximate surface area is 155 Å². The Hall–Kier alpha value is -3.18. The van der Waals surface area contributed by atoms with Gasteiger partial charge in [-0.25, -0.2) is 0 Å². The number of fused-ring (bicyclic) bond motifs is 3. The van der Waals surface area contributed by atoms with E-state index in [-0.39, 0.29) is 0 Å². The summed E-state index contributed by atoms with van der Waals surface area (Å²) in [6, 6.07) is 22.3. The third-order valence-corrected chi connectivity index (χ3v) is 4.74. The van der Waals surface area contributed by atoms with Crippen LogP contribution in [-0.4, -0.2) is 10.4 Å². The molecular formula is C20H17ClN5+. The maximum Gasteiger partial charge on any atom is 0.350 e. The molecule has 0 fully saturated rings. The molecule has 5 nitrogen and oxygen atoms in total. The van der Waals surface area contributed by atoms with E-state index in [1.54, 1.807) is 0 Å². The highest BCUT2D eigenvalue weighted by Crippen LogP contribution is 2.30. The van der Waals surface area contributed by atoms with Crippen LogP contribution >= 0.6 is 11.6 Å². The predicted octanol–water partition coefficient (Wildman–Crippen LogP) is 3.33. The molecule has 26 heavy (non-hydrogen) atoms. The van der Waals surface area contributed by atoms with Gasteiger partial charge in [0.1, 0.15) is 0 Å². The number of rotatable bonds is 3. The molecule has 0 aliphatic heterocycles. The molecule has 4 aromatic rings. The molecule has 0 radical (unpaired) electrons. The van der Waals surface area contributed by atoms with Gasteiger partial charge in [-0.15, -0.1) is 0 Å². The first-order chi connectivity index (χ1) is 12.7. The quantitative estimate of drug-likeness (QED) is 0.189. The molecule has 128 valence electrons. The molecule has 3 aromatic carbocycles. The van der Waals surface area contributed by atoms with Gasteiger partial charge in [-0.2, -0.15) is 0 Å². The molecular weight excluding hydrogens is 346 g/mol. The van der Waals surface area contributed by atoms with Crippen molar-refractivity contribution in [1.29, 1.82) is 0 Å². The van der Waals surface area contributed by atoms with E-state index in [9.17, 15) is 0 Å². The lowest BCUT2D eigenvalue weighted by Gasteiger charge is -2.08. The van der Waals surface area contributed by atoms with Crippen LogP contribution in [0.2, 0.25) is 5.02 Å². The molecule has 4 rings (SSSR count). The van der Waals surface area contributed by atoms with Crippen LogP contribution in [0.15, 0.2) is 77.1 Å². The molecule has 4 N–H and O–H groups in total. The topological polar surface area (TPSA) is 81.3 Å². The van der Waals surface area contributed by atoms with Gasteiger partial charge in [-0.3, -0.25) is 11.3 Å². The average molecular weight is 363 g/mol. The minimum Gasteiger partial charge on any atom is -0.336 e. The molecule has 0 amide bonds. The van der Waals surface area contributed by atoms with E-state index in [1.807, 2.05) is 48.5 Å². The van der Waals surface area contributed by atoms with Gasteiger partial charge >= 0.3 is 5.84 Å². The fraction of sp³-hybridized carbons (Fsp3) is 0.0500. The average Bonchev–Trinajstić information content (AvgIpc) is 2.97. The normalized spacial score (nSPS) is 11.6. The van der Waals surface area contributed by atoms with Crippen LogP contribution in [0.25, 0.3) is 21.8 Å². The smallest absolute Gasteiger partial charge is 0.336 e. The van der Waals surface area contributed by atoms with Crippen LogP contribution in [0.1, 0.15) is 11.1 Å². The highest BCUT2D eigenvalue weighted by Gasteiger charge is 2.15. The van der Waals surface area contributed by atoms with Crippen LogP contribution in [0.4, 0.5) is 0 Å². The predicted molar refractivity (Wildman–Crippen MR) is 105 cm³/mol. The zero-order valence-electron chi connectivity index (χ0n) is 13.9. The molecule has 0 atom stereocenters. The van der Waals surface area contributed by atoms with Gasteiger partial charge in [0.25, 0.3) is 0 Å². The number of hydrogen-bond acceptors (Lipinski definition) is 1. The van der Waals surface area contributed by atoms with Gasteiger partial charge in [0.2, 0.25) is 0 Å². The lowest BCUT2D eigenvalue weighted by atomic mass is 10.1. The summed E-state index contributed by atoms with van der Waals surface area (Å²) in [6.07, 6.45) is 0. The molecule has 0 spiro atoms. The standard InChI is InChI=1S/C20H16ClN5/c21-15-8-5-13(6-9-15)12-26-18-4-2-1-3-16(18)17-11-14(7-10-19(17)26)20(22)24-25-23/h1-11H,12H2,(H3,22,23,24)/p+1. The van der Waals surface area contributed by atoms with Crippen molar-refractivity contribution in [1.82, 2.24) is 4.57 Å². The third kappa shape index (κ3) is 2.82. The first kappa shape index (κ1) is 16.3. The van der Waals surface area contributed by atoms with Crippen LogP contribution in [0.5, 0.6) is 0 Å². The maximum absolute atomic E-state index is 6.01. The molecule has 0 saturated carbocycles. The highest BCUT2D eigenvalue weighted by atomic mass is 35.5. The number of amidine groups is 1. The van der Waals surface area contributed by atoms with Gasteiger partial charge < -0.3 is 4.57 Å². The Balaban J connectivity index is 1.90. The van der Waals surface area contributed by atoms with Crippen molar-refractivity contribution in [3.05, 3.63) is 82.9 Å². The van der Waals surface area contributed by atoms with Crippen molar-refractivity contribution >= 4 is 39.2 Å². The number of halogens is 1. The Morgan fingerprint density at radius 1 is 0.962 bits per heavy atom. The van der Waals surface area contributed by atoms with Crippen molar-refractivity contribution in [2.75, 3.05) is 0 Å².